The average molecular weight is 473 g/mol. The molecule has 0 aromatic rings. The summed E-state index contributed by atoms with van der Waals surface area (Å²) in [6.45, 7) is 2.66. The predicted molar refractivity (Wildman–Crippen MR) is 134 cm³/mol. The van der Waals surface area contributed by atoms with Gasteiger partial charge in [0.05, 0.1) is 0 Å². The summed E-state index contributed by atoms with van der Waals surface area (Å²) in [4.78, 5) is 24.5. The number of nitrogens with one attached hydrogen (secondary N) is 2. The van der Waals surface area contributed by atoms with Crippen LogP contribution in [0.15, 0.2) is 0 Å². The number of hydrogen-bond acceptors (Lipinski definition) is 6. The molecule has 2 rings (SSSR count). The van der Waals surface area contributed by atoms with Gasteiger partial charge in [-0.05, 0) is 49.6 Å². The Kier molecular flexibility index (Phi) is 12.7. The lowest BCUT2D eigenvalue weighted by molar-refractivity contribution is -0.124. The summed E-state index contributed by atoms with van der Waals surface area (Å²) in [6.07, 6.45) is 12.9. The summed E-state index contributed by atoms with van der Waals surface area (Å²) in [5, 5.41) is 7.10. The standard InChI is InChI=1S/C23H44N4O2S2/c24-17-22(7-3-1-4-8-22)15-20(28)26-11-13-30-19-31-14-12-27-21(29)16-23(18-25)9-5-2-6-10-23/h1-19,24-25H2,(H,26,28)(H,27,29). The van der Waals surface area contributed by atoms with Crippen LogP contribution >= 0.6 is 23.5 Å². The summed E-state index contributed by atoms with van der Waals surface area (Å²) >= 11 is 3.66. The van der Waals surface area contributed by atoms with E-state index in [1.807, 2.05) is 23.5 Å². The minimum Gasteiger partial charge on any atom is -0.355 e. The largest absolute Gasteiger partial charge is 0.355 e. The molecule has 8 heteroatoms. The van der Waals surface area contributed by atoms with E-state index in [-0.39, 0.29) is 22.6 Å². The van der Waals surface area contributed by atoms with E-state index in [9.17, 15) is 9.59 Å². The zero-order valence-corrected chi connectivity index (χ0v) is 20.9. The molecule has 2 saturated carbocycles. The Morgan fingerprint density at radius 2 is 1.06 bits per heavy atom. The molecule has 0 aromatic carbocycles. The minimum absolute atomic E-state index is 0.0382. The monoisotopic (exact) mass is 472 g/mol. The quantitative estimate of drug-likeness (QED) is 0.228. The number of nitrogens with two attached hydrogens (primary N) is 2. The summed E-state index contributed by atoms with van der Waals surface area (Å²) in [5.74, 6) is 2.13. The first-order chi connectivity index (χ1) is 15.0. The van der Waals surface area contributed by atoms with Gasteiger partial charge in [-0.2, -0.15) is 0 Å². The van der Waals surface area contributed by atoms with Crippen LogP contribution in [0.25, 0.3) is 0 Å². The number of amides is 2. The highest BCUT2D eigenvalue weighted by molar-refractivity contribution is 8.15. The Hall–Kier alpha value is -0.440. The molecule has 31 heavy (non-hydrogen) atoms. The number of rotatable bonds is 14. The minimum atomic E-state index is 0.0382. The molecule has 2 aliphatic rings. The first kappa shape index (κ1) is 26.8. The second kappa shape index (κ2) is 14.7. The topological polar surface area (TPSA) is 110 Å². The Morgan fingerprint density at radius 3 is 1.42 bits per heavy atom. The van der Waals surface area contributed by atoms with E-state index >= 15 is 0 Å². The van der Waals surface area contributed by atoms with Crippen LogP contribution in [-0.2, 0) is 9.59 Å². The summed E-state index contributed by atoms with van der Waals surface area (Å²) < 4.78 is 0. The molecule has 0 spiro atoms. The highest BCUT2D eigenvalue weighted by atomic mass is 32.2. The molecule has 6 N–H and O–H groups in total. The molecule has 2 aliphatic carbocycles. The van der Waals surface area contributed by atoms with Crippen LogP contribution in [0.3, 0.4) is 0 Å². The number of hydrogen-bond donors (Lipinski definition) is 4. The van der Waals surface area contributed by atoms with Crippen molar-refractivity contribution in [2.45, 2.75) is 77.0 Å². The van der Waals surface area contributed by atoms with E-state index in [0.717, 1.165) is 42.3 Å². The Morgan fingerprint density at radius 1 is 0.677 bits per heavy atom. The maximum atomic E-state index is 12.3. The fourth-order valence-corrected chi connectivity index (χ4v) is 6.92. The summed E-state index contributed by atoms with van der Waals surface area (Å²) in [7, 11) is 0. The molecule has 0 saturated heterocycles. The lowest BCUT2D eigenvalue weighted by Gasteiger charge is -2.35. The lowest BCUT2D eigenvalue weighted by Crippen LogP contribution is -2.39. The predicted octanol–water partition coefficient (Wildman–Crippen LogP) is 3.24. The Bertz CT molecular complexity index is 490. The van der Waals surface area contributed by atoms with Gasteiger partial charge in [0.25, 0.3) is 0 Å². The van der Waals surface area contributed by atoms with Gasteiger partial charge in [0.1, 0.15) is 0 Å². The second-order valence-corrected chi connectivity index (χ2v) is 12.1. The van der Waals surface area contributed by atoms with Crippen LogP contribution in [0.2, 0.25) is 0 Å². The molecule has 0 aliphatic heterocycles. The van der Waals surface area contributed by atoms with Crippen molar-refractivity contribution in [3.05, 3.63) is 0 Å². The Labute approximate surface area is 197 Å². The fourth-order valence-electron chi connectivity index (χ4n) is 5.02. The fraction of sp³-hybridized carbons (Fsp3) is 0.913. The third-order valence-corrected chi connectivity index (χ3v) is 9.39. The van der Waals surface area contributed by atoms with Gasteiger partial charge in [-0.15, -0.1) is 23.5 Å². The SMILES string of the molecule is NCC1(CC(=O)NCCSCSCCNC(=O)CC2(CN)CCCCC2)CCCCC1. The zero-order chi connectivity index (χ0) is 22.4. The number of thioether (sulfide) groups is 2. The molecule has 180 valence electrons. The molecule has 0 aromatic heterocycles. The number of carbonyl (C=O) groups is 2. The highest BCUT2D eigenvalue weighted by Gasteiger charge is 2.33. The third kappa shape index (κ3) is 9.93. The summed E-state index contributed by atoms with van der Waals surface area (Å²) in [6, 6.07) is 0. The van der Waals surface area contributed by atoms with E-state index in [1.54, 1.807) is 0 Å². The molecule has 0 heterocycles. The summed E-state index contributed by atoms with van der Waals surface area (Å²) in [5.41, 5.74) is 12.0. The van der Waals surface area contributed by atoms with Gasteiger partial charge in [0.15, 0.2) is 0 Å². The zero-order valence-electron chi connectivity index (χ0n) is 19.2. The van der Waals surface area contributed by atoms with Gasteiger partial charge in [-0.25, -0.2) is 0 Å². The van der Waals surface area contributed by atoms with Crippen LogP contribution in [-0.4, -0.2) is 54.6 Å². The van der Waals surface area contributed by atoms with Gasteiger partial charge in [0, 0.05) is 42.5 Å². The molecule has 2 amide bonds. The Balaban J connectivity index is 1.44. The van der Waals surface area contributed by atoms with Crippen LogP contribution in [0.4, 0.5) is 0 Å². The average Bonchev–Trinajstić information content (AvgIpc) is 2.79. The van der Waals surface area contributed by atoms with Crippen molar-refractivity contribution in [2.75, 3.05) is 42.8 Å². The van der Waals surface area contributed by atoms with Crippen LogP contribution in [0.5, 0.6) is 0 Å². The molecule has 0 atom stereocenters. The van der Waals surface area contributed by atoms with Gasteiger partial charge >= 0.3 is 0 Å². The molecule has 2 fully saturated rings. The lowest BCUT2D eigenvalue weighted by atomic mass is 9.71. The van der Waals surface area contributed by atoms with Crippen LogP contribution < -0.4 is 22.1 Å². The number of carbonyl (C=O) groups excluding carboxylic acids is 2. The van der Waals surface area contributed by atoms with Gasteiger partial charge < -0.3 is 22.1 Å². The molecule has 6 nitrogen and oxygen atoms in total. The molecule has 0 unspecified atom stereocenters. The maximum Gasteiger partial charge on any atom is 0.220 e. The van der Waals surface area contributed by atoms with Crippen molar-refractivity contribution in [3.63, 3.8) is 0 Å². The van der Waals surface area contributed by atoms with E-state index < -0.39 is 0 Å². The van der Waals surface area contributed by atoms with Gasteiger partial charge in [0.2, 0.25) is 11.8 Å². The first-order valence-electron chi connectivity index (χ1n) is 12.1. The third-order valence-electron chi connectivity index (χ3n) is 7.07. The van der Waals surface area contributed by atoms with Crippen LogP contribution in [0.1, 0.15) is 77.0 Å². The second-order valence-electron chi connectivity index (χ2n) is 9.52. The normalized spacial score (nSPS) is 20.2. The van der Waals surface area contributed by atoms with E-state index in [0.29, 0.717) is 39.0 Å². The van der Waals surface area contributed by atoms with Crippen molar-refractivity contribution >= 4 is 35.3 Å². The van der Waals surface area contributed by atoms with Gasteiger partial charge in [-0.3, -0.25) is 9.59 Å². The highest BCUT2D eigenvalue weighted by Crippen LogP contribution is 2.39. The van der Waals surface area contributed by atoms with Crippen LogP contribution in [0, 0.1) is 10.8 Å². The van der Waals surface area contributed by atoms with E-state index in [2.05, 4.69) is 10.6 Å². The molecule has 0 radical (unpaired) electrons. The van der Waals surface area contributed by atoms with Crippen molar-refractivity contribution in [2.24, 2.45) is 22.3 Å². The van der Waals surface area contributed by atoms with Crippen molar-refractivity contribution in [1.29, 1.82) is 0 Å². The van der Waals surface area contributed by atoms with E-state index in [4.69, 9.17) is 11.5 Å². The van der Waals surface area contributed by atoms with E-state index in [1.165, 1.54) is 38.5 Å². The molecule has 0 bridgehead atoms. The van der Waals surface area contributed by atoms with Crippen molar-refractivity contribution in [3.8, 4) is 0 Å². The maximum absolute atomic E-state index is 12.3. The molecular formula is C23H44N4O2S2. The molecular weight excluding hydrogens is 428 g/mol. The van der Waals surface area contributed by atoms with Crippen molar-refractivity contribution in [1.82, 2.24) is 10.6 Å². The van der Waals surface area contributed by atoms with Crippen molar-refractivity contribution < 1.29 is 9.59 Å². The smallest absolute Gasteiger partial charge is 0.220 e. The van der Waals surface area contributed by atoms with Gasteiger partial charge in [-0.1, -0.05) is 38.5 Å². The first-order valence-corrected chi connectivity index (χ1v) is 14.4.